The van der Waals surface area contributed by atoms with Crippen molar-refractivity contribution < 1.29 is 0 Å². The number of fused-ring (bicyclic) bond motifs is 1. The van der Waals surface area contributed by atoms with E-state index in [2.05, 4.69) is 36.4 Å². The van der Waals surface area contributed by atoms with Crippen LogP contribution in [0.15, 0.2) is 42.6 Å². The summed E-state index contributed by atoms with van der Waals surface area (Å²) < 4.78 is 2.07. The first kappa shape index (κ1) is 13.2. The number of rotatable bonds is 2. The Morgan fingerprint density at radius 3 is 2.60 bits per heavy atom. The molecule has 102 valence electrons. The van der Waals surface area contributed by atoms with Gasteiger partial charge in [-0.1, -0.05) is 18.2 Å². The Hall–Kier alpha value is -1.80. The number of hydrogen-bond donors (Lipinski definition) is 0. The lowest BCUT2D eigenvalue weighted by atomic mass is 10.0. The zero-order valence-electron chi connectivity index (χ0n) is 11.9. The third-order valence-electron chi connectivity index (χ3n) is 3.72. The summed E-state index contributed by atoms with van der Waals surface area (Å²) in [6.45, 7) is 6.23. The van der Waals surface area contributed by atoms with Crippen LogP contribution in [0.1, 0.15) is 29.1 Å². The number of pyridine rings is 1. The molecule has 1 aromatic carbocycles. The second-order valence-corrected chi connectivity index (χ2v) is 5.84. The number of halogens is 1. The highest BCUT2D eigenvalue weighted by Crippen LogP contribution is 2.32. The van der Waals surface area contributed by atoms with Gasteiger partial charge in [-0.3, -0.25) is 0 Å². The topological polar surface area (TPSA) is 17.3 Å². The molecule has 0 saturated carbocycles. The molecule has 2 aromatic heterocycles. The summed E-state index contributed by atoms with van der Waals surface area (Å²) >= 11 is 6.39. The Morgan fingerprint density at radius 1 is 1.10 bits per heavy atom. The Bertz CT molecular complexity index is 772. The third kappa shape index (κ3) is 2.10. The maximum atomic E-state index is 6.39. The summed E-state index contributed by atoms with van der Waals surface area (Å²) in [5.74, 6) is 0. The fourth-order valence-electron chi connectivity index (χ4n) is 2.50. The number of alkyl halides is 1. The molecule has 3 rings (SSSR count). The zero-order valence-corrected chi connectivity index (χ0v) is 12.6. The molecule has 0 bridgehead atoms. The van der Waals surface area contributed by atoms with E-state index in [1.54, 1.807) is 0 Å². The van der Waals surface area contributed by atoms with Gasteiger partial charge in [0.2, 0.25) is 0 Å². The molecule has 1 unspecified atom stereocenters. The van der Waals surface area contributed by atoms with Crippen LogP contribution in [0.25, 0.3) is 16.9 Å². The number of aromatic nitrogens is 2. The SMILES string of the molecule is Cc1ccc(-c2nc3ccccn3c2C(C)Cl)cc1C. The number of benzene rings is 1. The molecule has 0 aliphatic rings. The van der Waals surface area contributed by atoms with Gasteiger partial charge in [-0.25, -0.2) is 4.98 Å². The fraction of sp³-hybridized carbons (Fsp3) is 0.235. The van der Waals surface area contributed by atoms with Gasteiger partial charge >= 0.3 is 0 Å². The fourth-order valence-corrected chi connectivity index (χ4v) is 2.70. The average molecular weight is 285 g/mol. The van der Waals surface area contributed by atoms with E-state index in [9.17, 15) is 0 Å². The minimum absolute atomic E-state index is 0.0935. The highest BCUT2D eigenvalue weighted by Gasteiger charge is 2.17. The van der Waals surface area contributed by atoms with Crippen molar-refractivity contribution in [2.45, 2.75) is 26.1 Å². The Labute approximate surface area is 124 Å². The maximum Gasteiger partial charge on any atom is 0.137 e. The average Bonchev–Trinajstić information content (AvgIpc) is 2.81. The van der Waals surface area contributed by atoms with Crippen molar-refractivity contribution in [1.29, 1.82) is 0 Å². The maximum absolute atomic E-state index is 6.39. The smallest absolute Gasteiger partial charge is 0.137 e. The molecular weight excluding hydrogens is 268 g/mol. The minimum Gasteiger partial charge on any atom is -0.302 e. The van der Waals surface area contributed by atoms with E-state index in [1.165, 1.54) is 11.1 Å². The molecule has 0 saturated heterocycles. The van der Waals surface area contributed by atoms with Crippen LogP contribution >= 0.6 is 11.6 Å². The molecular formula is C17H17ClN2. The number of nitrogens with zero attached hydrogens (tertiary/aromatic N) is 2. The van der Waals surface area contributed by atoms with E-state index in [4.69, 9.17) is 16.6 Å². The highest BCUT2D eigenvalue weighted by atomic mass is 35.5. The summed E-state index contributed by atoms with van der Waals surface area (Å²) in [7, 11) is 0. The molecule has 1 atom stereocenters. The lowest BCUT2D eigenvalue weighted by Crippen LogP contribution is -1.95. The van der Waals surface area contributed by atoms with Crippen LogP contribution in [0, 0.1) is 13.8 Å². The monoisotopic (exact) mass is 284 g/mol. The van der Waals surface area contributed by atoms with Crippen LogP contribution in [-0.4, -0.2) is 9.38 Å². The number of imidazole rings is 1. The van der Waals surface area contributed by atoms with Gasteiger partial charge in [0, 0.05) is 11.8 Å². The van der Waals surface area contributed by atoms with Gasteiger partial charge in [0.15, 0.2) is 0 Å². The third-order valence-corrected chi connectivity index (χ3v) is 3.93. The summed E-state index contributed by atoms with van der Waals surface area (Å²) in [6.07, 6.45) is 2.01. The summed E-state index contributed by atoms with van der Waals surface area (Å²) in [4.78, 5) is 4.75. The first-order valence-corrected chi connectivity index (χ1v) is 7.20. The van der Waals surface area contributed by atoms with Gasteiger partial charge in [0.1, 0.15) is 5.65 Å². The lowest BCUT2D eigenvalue weighted by Gasteiger charge is -2.08. The van der Waals surface area contributed by atoms with Gasteiger partial charge in [-0.2, -0.15) is 0 Å². The van der Waals surface area contributed by atoms with E-state index in [1.807, 2.05) is 31.3 Å². The van der Waals surface area contributed by atoms with E-state index in [0.29, 0.717) is 0 Å². The van der Waals surface area contributed by atoms with Gasteiger partial charge in [-0.05, 0) is 50.1 Å². The lowest BCUT2D eigenvalue weighted by molar-refractivity contribution is 0.965. The Morgan fingerprint density at radius 2 is 1.90 bits per heavy atom. The van der Waals surface area contributed by atoms with E-state index >= 15 is 0 Å². The highest BCUT2D eigenvalue weighted by molar-refractivity contribution is 6.20. The predicted molar refractivity (Wildman–Crippen MR) is 84.4 cm³/mol. The van der Waals surface area contributed by atoms with Crippen molar-refractivity contribution in [2.24, 2.45) is 0 Å². The molecule has 3 aromatic rings. The first-order valence-electron chi connectivity index (χ1n) is 6.76. The molecule has 0 radical (unpaired) electrons. The molecule has 2 heterocycles. The van der Waals surface area contributed by atoms with Gasteiger partial charge in [0.25, 0.3) is 0 Å². The number of aryl methyl sites for hydroxylation is 2. The van der Waals surface area contributed by atoms with Crippen LogP contribution < -0.4 is 0 Å². The van der Waals surface area contributed by atoms with Gasteiger partial charge in [-0.15, -0.1) is 11.6 Å². The van der Waals surface area contributed by atoms with Crippen molar-refractivity contribution in [1.82, 2.24) is 9.38 Å². The normalized spacial score (nSPS) is 12.8. The standard InChI is InChI=1S/C17H17ClN2/c1-11-7-8-14(10-12(11)2)16-17(13(3)18)20-9-5-4-6-15(20)19-16/h4-10,13H,1-3H3. The molecule has 0 spiro atoms. The quantitative estimate of drug-likeness (QED) is 0.611. The van der Waals surface area contributed by atoms with Crippen molar-refractivity contribution in [3.8, 4) is 11.3 Å². The van der Waals surface area contributed by atoms with E-state index in [0.717, 1.165) is 22.6 Å². The summed E-state index contributed by atoms with van der Waals surface area (Å²) in [5.41, 5.74) is 6.64. The zero-order chi connectivity index (χ0) is 14.3. The van der Waals surface area contributed by atoms with Crippen molar-refractivity contribution in [2.75, 3.05) is 0 Å². The van der Waals surface area contributed by atoms with Crippen LogP contribution in [0.3, 0.4) is 0 Å². The van der Waals surface area contributed by atoms with Gasteiger partial charge in [0.05, 0.1) is 16.8 Å². The van der Waals surface area contributed by atoms with Crippen molar-refractivity contribution in [3.05, 3.63) is 59.4 Å². The molecule has 0 fully saturated rings. The minimum atomic E-state index is -0.0935. The van der Waals surface area contributed by atoms with Gasteiger partial charge < -0.3 is 4.40 Å². The Kier molecular flexibility index (Phi) is 3.27. The van der Waals surface area contributed by atoms with Crippen LogP contribution in [0.5, 0.6) is 0 Å². The summed E-state index contributed by atoms with van der Waals surface area (Å²) in [6, 6.07) is 12.4. The van der Waals surface area contributed by atoms with Crippen molar-refractivity contribution in [3.63, 3.8) is 0 Å². The van der Waals surface area contributed by atoms with E-state index < -0.39 is 0 Å². The summed E-state index contributed by atoms with van der Waals surface area (Å²) in [5, 5.41) is -0.0935. The second kappa shape index (κ2) is 4.95. The van der Waals surface area contributed by atoms with Crippen LogP contribution in [-0.2, 0) is 0 Å². The van der Waals surface area contributed by atoms with Crippen LogP contribution in [0.4, 0.5) is 0 Å². The molecule has 0 aliphatic carbocycles. The second-order valence-electron chi connectivity index (χ2n) is 5.19. The van der Waals surface area contributed by atoms with Crippen molar-refractivity contribution >= 4 is 17.2 Å². The van der Waals surface area contributed by atoms with Crippen LogP contribution in [0.2, 0.25) is 0 Å². The molecule has 0 aliphatic heterocycles. The molecule has 3 heteroatoms. The predicted octanol–water partition coefficient (Wildman–Crippen LogP) is 4.92. The molecule has 20 heavy (non-hydrogen) atoms. The molecule has 0 N–H and O–H groups in total. The molecule has 2 nitrogen and oxygen atoms in total. The number of hydrogen-bond acceptors (Lipinski definition) is 1. The Balaban J connectivity index is 2.29. The first-order chi connectivity index (χ1) is 9.58. The molecule has 0 amide bonds. The largest absolute Gasteiger partial charge is 0.302 e. The van der Waals surface area contributed by atoms with E-state index in [-0.39, 0.29) is 5.38 Å².